The SMILES string of the molecule is CN(Cc1ccccc1)C(=O)c1nnc(N2CCN(c3cccc(Cl)c3)CC2)c2ccccc12. The van der Waals surface area contributed by atoms with Crippen LogP contribution in [0.2, 0.25) is 5.02 Å². The van der Waals surface area contributed by atoms with E-state index in [1.54, 1.807) is 11.9 Å². The van der Waals surface area contributed by atoms with E-state index in [2.05, 4.69) is 26.1 Å². The molecular weight excluding hydrogens is 446 g/mol. The summed E-state index contributed by atoms with van der Waals surface area (Å²) in [5, 5.41) is 11.5. The molecule has 3 aromatic carbocycles. The number of piperazine rings is 1. The number of carbonyl (C=O) groups is 1. The number of rotatable bonds is 5. The van der Waals surface area contributed by atoms with Gasteiger partial charge in [0.2, 0.25) is 0 Å². The van der Waals surface area contributed by atoms with Gasteiger partial charge in [-0.3, -0.25) is 4.79 Å². The van der Waals surface area contributed by atoms with Crippen molar-refractivity contribution in [3.05, 3.63) is 95.1 Å². The predicted molar refractivity (Wildman–Crippen MR) is 138 cm³/mol. The summed E-state index contributed by atoms with van der Waals surface area (Å²) in [4.78, 5) is 19.5. The maximum absolute atomic E-state index is 13.3. The second kappa shape index (κ2) is 9.69. The average Bonchev–Trinajstić information content (AvgIpc) is 2.88. The van der Waals surface area contributed by atoms with Crippen LogP contribution in [0.25, 0.3) is 10.8 Å². The van der Waals surface area contributed by atoms with Gasteiger partial charge in [0.1, 0.15) is 0 Å². The molecule has 0 saturated carbocycles. The maximum atomic E-state index is 13.3. The third kappa shape index (κ3) is 4.54. The van der Waals surface area contributed by atoms with E-state index in [0.29, 0.717) is 12.2 Å². The lowest BCUT2D eigenvalue weighted by Gasteiger charge is -2.37. The Labute approximate surface area is 204 Å². The molecule has 1 aliphatic rings. The highest BCUT2D eigenvalue weighted by molar-refractivity contribution is 6.30. The third-order valence-corrected chi connectivity index (χ3v) is 6.47. The predicted octanol–water partition coefficient (Wildman–Crippen LogP) is 4.88. The lowest BCUT2D eigenvalue weighted by Crippen LogP contribution is -2.47. The van der Waals surface area contributed by atoms with Gasteiger partial charge in [0, 0.05) is 61.3 Å². The molecule has 1 amide bonds. The van der Waals surface area contributed by atoms with Crippen LogP contribution in [0.1, 0.15) is 16.1 Å². The van der Waals surface area contributed by atoms with Gasteiger partial charge in [-0.15, -0.1) is 10.2 Å². The van der Waals surface area contributed by atoms with E-state index in [0.717, 1.165) is 59.0 Å². The molecule has 0 bridgehead atoms. The van der Waals surface area contributed by atoms with E-state index >= 15 is 0 Å². The standard InChI is InChI=1S/C27H26ClN5O/c1-31(19-20-8-3-2-4-9-20)27(34)25-23-12-5-6-13-24(23)26(30-29-25)33-16-14-32(15-17-33)22-11-7-10-21(28)18-22/h2-13,18H,14-17,19H2,1H3. The van der Waals surface area contributed by atoms with Crippen LogP contribution in [-0.4, -0.2) is 54.2 Å². The van der Waals surface area contributed by atoms with Crippen LogP contribution in [-0.2, 0) is 6.54 Å². The Hall–Kier alpha value is -3.64. The van der Waals surface area contributed by atoms with Crippen LogP contribution in [0.4, 0.5) is 11.5 Å². The lowest BCUT2D eigenvalue weighted by molar-refractivity contribution is 0.0780. The van der Waals surface area contributed by atoms with Gasteiger partial charge in [-0.1, -0.05) is 72.3 Å². The van der Waals surface area contributed by atoms with Crippen LogP contribution in [0, 0.1) is 0 Å². The first-order valence-electron chi connectivity index (χ1n) is 11.4. The van der Waals surface area contributed by atoms with Gasteiger partial charge in [-0.25, -0.2) is 0 Å². The minimum absolute atomic E-state index is 0.134. The minimum Gasteiger partial charge on any atom is -0.368 e. The van der Waals surface area contributed by atoms with Crippen molar-refractivity contribution in [2.75, 3.05) is 43.0 Å². The van der Waals surface area contributed by atoms with Crippen LogP contribution >= 0.6 is 11.6 Å². The first-order valence-corrected chi connectivity index (χ1v) is 11.8. The molecule has 1 aliphatic heterocycles. The molecule has 0 spiro atoms. The number of fused-ring (bicyclic) bond motifs is 1. The number of halogens is 1. The number of aromatic nitrogens is 2. The zero-order valence-corrected chi connectivity index (χ0v) is 19.8. The van der Waals surface area contributed by atoms with Crippen molar-refractivity contribution in [2.45, 2.75) is 6.54 Å². The van der Waals surface area contributed by atoms with Crippen LogP contribution in [0.3, 0.4) is 0 Å². The lowest BCUT2D eigenvalue weighted by atomic mass is 10.1. The normalized spacial score (nSPS) is 13.8. The van der Waals surface area contributed by atoms with Gasteiger partial charge >= 0.3 is 0 Å². The molecule has 34 heavy (non-hydrogen) atoms. The summed E-state index contributed by atoms with van der Waals surface area (Å²) in [5.74, 6) is 0.688. The Balaban J connectivity index is 1.37. The zero-order chi connectivity index (χ0) is 23.5. The Bertz CT molecular complexity index is 1300. The Morgan fingerprint density at radius 3 is 2.26 bits per heavy atom. The highest BCUT2D eigenvalue weighted by Gasteiger charge is 2.24. The van der Waals surface area contributed by atoms with Crippen molar-refractivity contribution >= 4 is 39.8 Å². The molecule has 0 radical (unpaired) electrons. The molecule has 0 aliphatic carbocycles. The molecule has 2 heterocycles. The number of anilines is 2. The van der Waals surface area contributed by atoms with E-state index in [1.165, 1.54) is 0 Å². The fraction of sp³-hybridized carbons (Fsp3) is 0.222. The van der Waals surface area contributed by atoms with Crippen LogP contribution < -0.4 is 9.80 Å². The van der Waals surface area contributed by atoms with Gasteiger partial charge in [0.05, 0.1) is 0 Å². The fourth-order valence-electron chi connectivity index (χ4n) is 4.44. The molecule has 7 heteroatoms. The molecule has 5 rings (SSSR count). The average molecular weight is 472 g/mol. The fourth-order valence-corrected chi connectivity index (χ4v) is 4.62. The summed E-state index contributed by atoms with van der Waals surface area (Å²) in [6.45, 7) is 3.86. The number of benzene rings is 3. The Morgan fingerprint density at radius 1 is 0.853 bits per heavy atom. The Kier molecular flexibility index (Phi) is 6.32. The number of hydrogen-bond donors (Lipinski definition) is 0. The second-order valence-corrected chi connectivity index (χ2v) is 8.96. The highest BCUT2D eigenvalue weighted by Crippen LogP contribution is 2.28. The van der Waals surface area contributed by atoms with Crippen LogP contribution in [0.5, 0.6) is 0 Å². The summed E-state index contributed by atoms with van der Waals surface area (Å²) >= 11 is 6.18. The van der Waals surface area contributed by atoms with Crippen molar-refractivity contribution in [3.8, 4) is 0 Å². The first-order chi connectivity index (χ1) is 16.6. The topological polar surface area (TPSA) is 52.6 Å². The van der Waals surface area contributed by atoms with E-state index in [4.69, 9.17) is 11.6 Å². The smallest absolute Gasteiger partial charge is 0.275 e. The molecule has 4 aromatic rings. The first kappa shape index (κ1) is 22.2. The van der Waals surface area contributed by atoms with Crippen molar-refractivity contribution in [1.29, 1.82) is 0 Å². The summed E-state index contributed by atoms with van der Waals surface area (Å²) in [6.07, 6.45) is 0. The molecule has 1 aromatic heterocycles. The van der Waals surface area contributed by atoms with Crippen LogP contribution in [0.15, 0.2) is 78.9 Å². The quantitative estimate of drug-likeness (QED) is 0.415. The van der Waals surface area contributed by atoms with Gasteiger partial charge in [0.25, 0.3) is 5.91 Å². The van der Waals surface area contributed by atoms with Gasteiger partial charge in [0.15, 0.2) is 11.5 Å². The molecule has 0 unspecified atom stereocenters. The van der Waals surface area contributed by atoms with Gasteiger partial charge in [-0.2, -0.15) is 0 Å². The van der Waals surface area contributed by atoms with E-state index < -0.39 is 0 Å². The zero-order valence-electron chi connectivity index (χ0n) is 19.1. The molecule has 0 N–H and O–H groups in total. The van der Waals surface area contributed by atoms with Crippen molar-refractivity contribution < 1.29 is 4.79 Å². The molecule has 6 nitrogen and oxygen atoms in total. The summed E-state index contributed by atoms with van der Waals surface area (Å²) in [6, 6.07) is 25.8. The second-order valence-electron chi connectivity index (χ2n) is 8.52. The molecule has 1 saturated heterocycles. The highest BCUT2D eigenvalue weighted by atomic mass is 35.5. The number of hydrogen-bond acceptors (Lipinski definition) is 5. The minimum atomic E-state index is -0.134. The summed E-state index contributed by atoms with van der Waals surface area (Å²) in [7, 11) is 1.80. The van der Waals surface area contributed by atoms with Crippen molar-refractivity contribution in [3.63, 3.8) is 0 Å². The molecule has 1 fully saturated rings. The summed E-state index contributed by atoms with van der Waals surface area (Å²) < 4.78 is 0. The summed E-state index contributed by atoms with van der Waals surface area (Å²) in [5.41, 5.74) is 2.59. The molecule has 172 valence electrons. The Morgan fingerprint density at radius 2 is 1.53 bits per heavy atom. The van der Waals surface area contributed by atoms with Gasteiger partial charge < -0.3 is 14.7 Å². The largest absolute Gasteiger partial charge is 0.368 e. The maximum Gasteiger partial charge on any atom is 0.275 e. The van der Waals surface area contributed by atoms with E-state index in [9.17, 15) is 4.79 Å². The van der Waals surface area contributed by atoms with E-state index in [1.807, 2.05) is 72.8 Å². The number of carbonyl (C=O) groups excluding carboxylic acids is 1. The third-order valence-electron chi connectivity index (χ3n) is 6.23. The van der Waals surface area contributed by atoms with Gasteiger partial charge in [-0.05, 0) is 23.8 Å². The molecule has 0 atom stereocenters. The molecular formula is C27H26ClN5O. The van der Waals surface area contributed by atoms with E-state index in [-0.39, 0.29) is 5.91 Å². The monoisotopic (exact) mass is 471 g/mol. The van der Waals surface area contributed by atoms with Crippen molar-refractivity contribution in [1.82, 2.24) is 15.1 Å². The number of amides is 1. The van der Waals surface area contributed by atoms with Crippen molar-refractivity contribution in [2.24, 2.45) is 0 Å². The number of nitrogens with zero attached hydrogens (tertiary/aromatic N) is 5.